The molecule has 5 aromatic rings. The number of aromatic nitrogens is 3. The molecule has 6 rings (SSSR count). The first-order chi connectivity index (χ1) is 19.6. The van der Waals surface area contributed by atoms with Crippen molar-refractivity contribution in [2.24, 2.45) is 7.05 Å². The van der Waals surface area contributed by atoms with Gasteiger partial charge in [-0.25, -0.2) is 4.98 Å². The van der Waals surface area contributed by atoms with Gasteiger partial charge in [0, 0.05) is 49.3 Å². The van der Waals surface area contributed by atoms with E-state index in [9.17, 15) is 4.79 Å². The molecule has 3 aromatic carbocycles. The average molecular weight is 534 g/mol. The van der Waals surface area contributed by atoms with Crippen molar-refractivity contribution in [2.45, 2.75) is 45.1 Å². The van der Waals surface area contributed by atoms with Gasteiger partial charge in [-0.2, -0.15) is 0 Å². The number of aromatic amines is 1. The molecule has 6 nitrogen and oxygen atoms in total. The van der Waals surface area contributed by atoms with Gasteiger partial charge in [0.15, 0.2) is 0 Å². The second-order valence-electron chi connectivity index (χ2n) is 11.2. The average Bonchev–Trinajstić information content (AvgIpc) is 3.60. The highest BCUT2D eigenvalue weighted by molar-refractivity contribution is 5.90. The van der Waals surface area contributed by atoms with E-state index in [1.165, 1.54) is 36.5 Å². The van der Waals surface area contributed by atoms with Crippen molar-refractivity contribution in [1.82, 2.24) is 24.3 Å². The molecule has 1 unspecified atom stereocenters. The maximum atomic E-state index is 13.9. The van der Waals surface area contributed by atoms with Gasteiger partial charge in [0.05, 0.1) is 18.3 Å². The summed E-state index contributed by atoms with van der Waals surface area (Å²) in [5.74, 6) is 1.03. The van der Waals surface area contributed by atoms with Crippen molar-refractivity contribution in [3.05, 3.63) is 90.5 Å². The number of rotatable bonds is 9. The summed E-state index contributed by atoms with van der Waals surface area (Å²) in [7, 11) is 2.05. The number of H-pyrrole nitrogens is 1. The van der Waals surface area contributed by atoms with E-state index in [-0.39, 0.29) is 11.9 Å². The normalized spacial score (nSPS) is 16.2. The van der Waals surface area contributed by atoms with Gasteiger partial charge in [-0.1, -0.05) is 80.8 Å². The number of piperazine rings is 1. The Morgan fingerprint density at radius 2 is 1.80 bits per heavy atom. The van der Waals surface area contributed by atoms with Gasteiger partial charge >= 0.3 is 0 Å². The van der Waals surface area contributed by atoms with Crippen LogP contribution >= 0.6 is 0 Å². The Morgan fingerprint density at radius 1 is 0.975 bits per heavy atom. The number of fused-ring (bicyclic) bond motifs is 2. The fourth-order valence-electron chi connectivity index (χ4n) is 6.18. The summed E-state index contributed by atoms with van der Waals surface area (Å²) < 4.78 is 2.12. The molecule has 1 fully saturated rings. The van der Waals surface area contributed by atoms with E-state index < -0.39 is 0 Å². The summed E-state index contributed by atoms with van der Waals surface area (Å²) >= 11 is 0. The van der Waals surface area contributed by atoms with Gasteiger partial charge in [0.2, 0.25) is 5.91 Å². The fourth-order valence-corrected chi connectivity index (χ4v) is 6.18. The Bertz CT molecular complexity index is 1620. The van der Waals surface area contributed by atoms with Gasteiger partial charge in [-0.3, -0.25) is 9.69 Å². The molecule has 1 aliphatic heterocycles. The van der Waals surface area contributed by atoms with Gasteiger partial charge in [-0.15, -0.1) is 0 Å². The number of hydrogen-bond acceptors (Lipinski definition) is 3. The number of hydrogen-bond donors (Lipinski definition) is 1. The third kappa shape index (κ3) is 5.41. The molecule has 0 aliphatic carbocycles. The van der Waals surface area contributed by atoms with Crippen LogP contribution in [0.1, 0.15) is 50.0 Å². The summed E-state index contributed by atoms with van der Waals surface area (Å²) in [5, 5.41) is 3.59. The highest BCUT2D eigenvalue weighted by atomic mass is 16.2. The maximum absolute atomic E-state index is 13.9. The Balaban J connectivity index is 1.26. The lowest BCUT2D eigenvalue weighted by Gasteiger charge is -2.40. The molecule has 2 aromatic heterocycles. The summed E-state index contributed by atoms with van der Waals surface area (Å²) in [5.41, 5.74) is 4.34. The number of unbranched alkanes of at least 4 members (excludes halogenated alkanes) is 3. The first kappa shape index (κ1) is 26.3. The lowest BCUT2D eigenvalue weighted by Crippen LogP contribution is -2.51. The zero-order valence-electron chi connectivity index (χ0n) is 23.6. The van der Waals surface area contributed by atoms with E-state index in [1.54, 1.807) is 0 Å². The number of amides is 1. The second-order valence-corrected chi connectivity index (χ2v) is 11.2. The molecule has 6 heteroatoms. The molecular formula is C34H39N5O. The minimum absolute atomic E-state index is 0.100. The van der Waals surface area contributed by atoms with Crippen molar-refractivity contribution < 1.29 is 4.79 Å². The van der Waals surface area contributed by atoms with Crippen LogP contribution in [0.3, 0.4) is 0 Å². The highest BCUT2D eigenvalue weighted by Gasteiger charge is 2.33. The van der Waals surface area contributed by atoms with E-state index in [1.807, 2.05) is 25.4 Å². The number of nitrogens with zero attached hydrogens (tertiary/aromatic N) is 4. The predicted molar refractivity (Wildman–Crippen MR) is 163 cm³/mol. The van der Waals surface area contributed by atoms with Gasteiger partial charge in [0.1, 0.15) is 11.9 Å². The molecule has 1 N–H and O–H groups in total. The van der Waals surface area contributed by atoms with Crippen molar-refractivity contribution >= 4 is 27.6 Å². The summed E-state index contributed by atoms with van der Waals surface area (Å²) in [6.07, 6.45) is 9.40. The number of carbonyl (C=O) groups is 1. The first-order valence-corrected chi connectivity index (χ1v) is 14.7. The number of nitrogens with one attached hydrogen (secondary N) is 1. The highest BCUT2D eigenvalue weighted by Crippen LogP contribution is 2.30. The number of para-hydroxylation sites is 1. The van der Waals surface area contributed by atoms with Crippen LogP contribution in [0.15, 0.2) is 79.1 Å². The summed E-state index contributed by atoms with van der Waals surface area (Å²) in [4.78, 5) is 26.9. The Kier molecular flexibility index (Phi) is 7.69. The quantitative estimate of drug-likeness (QED) is 0.214. The van der Waals surface area contributed by atoms with Crippen molar-refractivity contribution in [2.75, 3.05) is 26.2 Å². The van der Waals surface area contributed by atoms with Crippen LogP contribution in [-0.2, 0) is 18.3 Å². The van der Waals surface area contributed by atoms with Gasteiger partial charge < -0.3 is 14.5 Å². The molecular weight excluding hydrogens is 494 g/mol. The molecule has 40 heavy (non-hydrogen) atoms. The molecule has 3 heterocycles. The molecule has 1 aliphatic rings. The van der Waals surface area contributed by atoms with Crippen molar-refractivity contribution in [1.29, 1.82) is 0 Å². The Morgan fingerprint density at radius 3 is 2.67 bits per heavy atom. The SMILES string of the molecule is CCCCCCN1CCN(C(=O)Cc2cn(C)c3ccccc23)C(c2ncc(-c3ccc4ccccc4c3)[nH]2)C1. The molecule has 1 amide bonds. The fraction of sp³-hybridized carbons (Fsp3) is 0.353. The van der Waals surface area contributed by atoms with E-state index >= 15 is 0 Å². The van der Waals surface area contributed by atoms with Crippen LogP contribution in [0.5, 0.6) is 0 Å². The third-order valence-corrected chi connectivity index (χ3v) is 8.41. The molecule has 0 spiro atoms. The molecule has 1 saturated heterocycles. The number of imidazole rings is 1. The Labute approximate surface area is 236 Å². The van der Waals surface area contributed by atoms with Crippen LogP contribution in [0.25, 0.3) is 32.9 Å². The van der Waals surface area contributed by atoms with Crippen LogP contribution in [0.4, 0.5) is 0 Å². The first-order valence-electron chi connectivity index (χ1n) is 14.7. The molecule has 206 valence electrons. The van der Waals surface area contributed by atoms with E-state index in [0.717, 1.165) is 53.2 Å². The maximum Gasteiger partial charge on any atom is 0.227 e. The number of benzene rings is 3. The zero-order valence-corrected chi connectivity index (χ0v) is 23.6. The number of aryl methyl sites for hydroxylation is 1. The topological polar surface area (TPSA) is 57.2 Å². The van der Waals surface area contributed by atoms with E-state index in [4.69, 9.17) is 4.98 Å². The predicted octanol–water partition coefficient (Wildman–Crippen LogP) is 6.73. The minimum atomic E-state index is -0.100. The van der Waals surface area contributed by atoms with Crippen molar-refractivity contribution in [3.63, 3.8) is 0 Å². The molecule has 0 bridgehead atoms. The summed E-state index contributed by atoms with van der Waals surface area (Å²) in [6.45, 7) is 5.74. The molecule has 1 atom stereocenters. The lowest BCUT2D eigenvalue weighted by atomic mass is 10.1. The third-order valence-electron chi connectivity index (χ3n) is 8.41. The Hall–Kier alpha value is -3.90. The van der Waals surface area contributed by atoms with Crippen LogP contribution < -0.4 is 0 Å². The van der Waals surface area contributed by atoms with Gasteiger partial charge in [-0.05, 0) is 41.4 Å². The zero-order chi connectivity index (χ0) is 27.5. The number of carbonyl (C=O) groups excluding carboxylic acids is 1. The minimum Gasteiger partial charge on any atom is -0.350 e. The van der Waals surface area contributed by atoms with Crippen LogP contribution in [-0.4, -0.2) is 56.4 Å². The van der Waals surface area contributed by atoms with Crippen LogP contribution in [0, 0.1) is 0 Å². The van der Waals surface area contributed by atoms with Crippen molar-refractivity contribution in [3.8, 4) is 11.3 Å². The second kappa shape index (κ2) is 11.7. The molecule has 0 radical (unpaired) electrons. The molecule has 0 saturated carbocycles. The van der Waals surface area contributed by atoms with Crippen LogP contribution in [0.2, 0.25) is 0 Å². The monoisotopic (exact) mass is 533 g/mol. The summed E-state index contributed by atoms with van der Waals surface area (Å²) in [6, 6.07) is 23.1. The standard InChI is InChI=1S/C34H39N5O/c1-3-4-5-10-17-38-18-19-39(33(40)21-28-23-37(2)31-14-9-8-13-29(28)31)32(24-38)34-35-22-30(36-34)27-16-15-25-11-6-7-12-26(25)20-27/h6-9,11-16,20,22-23,32H,3-5,10,17-19,21,24H2,1-2H3,(H,35,36). The lowest BCUT2D eigenvalue weighted by molar-refractivity contribution is -0.135. The smallest absolute Gasteiger partial charge is 0.227 e. The van der Waals surface area contributed by atoms with E-state index in [0.29, 0.717) is 13.0 Å². The van der Waals surface area contributed by atoms with E-state index in [2.05, 4.69) is 87.1 Å². The van der Waals surface area contributed by atoms with Gasteiger partial charge in [0.25, 0.3) is 0 Å². The largest absolute Gasteiger partial charge is 0.350 e.